The molecule has 27 heteroatoms. The van der Waals surface area contributed by atoms with E-state index in [2.05, 4.69) is 31.9 Å². The van der Waals surface area contributed by atoms with Crippen LogP contribution in [-0.2, 0) is 40.1 Å². The molecular formula is C68H82N10O17. The van der Waals surface area contributed by atoms with Gasteiger partial charge in [0.15, 0.2) is 29.2 Å². The van der Waals surface area contributed by atoms with E-state index in [4.69, 9.17) is 28.4 Å². The fourth-order valence-corrected chi connectivity index (χ4v) is 12.3. The van der Waals surface area contributed by atoms with E-state index in [0.717, 1.165) is 34.6 Å². The first kappa shape index (κ1) is 68.0. The van der Waals surface area contributed by atoms with E-state index < -0.39 is 72.8 Å². The maximum Gasteiger partial charge on any atom is 0.416 e. The minimum absolute atomic E-state index is 0.0592. The van der Waals surface area contributed by atoms with Crippen LogP contribution in [-0.4, -0.2) is 182 Å². The van der Waals surface area contributed by atoms with Gasteiger partial charge in [-0.3, -0.25) is 38.4 Å². The Morgan fingerprint density at radius 1 is 0.726 bits per heavy atom. The summed E-state index contributed by atoms with van der Waals surface area (Å²) < 4.78 is 35.2. The Morgan fingerprint density at radius 3 is 2.07 bits per heavy atom. The molecule has 3 unspecified atom stereocenters. The van der Waals surface area contributed by atoms with E-state index in [1.807, 2.05) is 30.5 Å². The third-order valence-corrected chi connectivity index (χ3v) is 17.9. The number of aliphatic hydroxyl groups excluding tert-OH is 2. The van der Waals surface area contributed by atoms with Crippen molar-refractivity contribution >= 4 is 76.0 Å². The number of amides is 9. The number of carbonyl (C=O) groups excluding carboxylic acids is 9. The zero-order valence-corrected chi connectivity index (χ0v) is 54.0. The Hall–Kier alpha value is -9.89. The quantitative estimate of drug-likeness (QED) is 0.0354. The lowest BCUT2D eigenvalue weighted by atomic mass is 10.0. The van der Waals surface area contributed by atoms with Crippen LogP contribution in [0.3, 0.4) is 0 Å². The lowest BCUT2D eigenvalue weighted by Gasteiger charge is -2.31. The molecule has 1 spiro atoms. The smallest absolute Gasteiger partial charge is 0.416 e. The molecule has 95 heavy (non-hydrogen) atoms. The normalized spacial score (nSPS) is 19.4. The number of fused-ring (bicyclic) bond motifs is 4. The van der Waals surface area contributed by atoms with Crippen LogP contribution < -0.4 is 60.5 Å². The number of hydrogen-bond donors (Lipinski definition) is 8. The average molecular weight is 1310 g/mol. The van der Waals surface area contributed by atoms with Crippen LogP contribution in [0.4, 0.5) is 21.9 Å². The van der Waals surface area contributed by atoms with Gasteiger partial charge in [-0.1, -0.05) is 44.5 Å². The number of benzene rings is 4. The van der Waals surface area contributed by atoms with Gasteiger partial charge in [-0.2, -0.15) is 0 Å². The molecule has 6 atom stereocenters. The molecule has 1 aliphatic carbocycles. The molecular weight excluding hydrogens is 1230 g/mol. The summed E-state index contributed by atoms with van der Waals surface area (Å²) in [4.78, 5) is 125. The number of anilines is 3. The highest BCUT2D eigenvalue weighted by Gasteiger charge is 2.58. The van der Waals surface area contributed by atoms with Crippen molar-refractivity contribution in [1.29, 1.82) is 0 Å². The Balaban J connectivity index is 0.698. The molecule has 9 amide bonds. The van der Waals surface area contributed by atoms with E-state index in [-0.39, 0.29) is 90.6 Å². The van der Waals surface area contributed by atoms with Crippen molar-refractivity contribution in [3.63, 3.8) is 0 Å². The molecule has 0 bridgehead atoms. The highest BCUT2D eigenvalue weighted by molar-refractivity contribution is 6.06. The molecule has 4 aromatic rings. The first-order chi connectivity index (χ1) is 45.7. The van der Waals surface area contributed by atoms with Crippen molar-refractivity contribution in [3.05, 3.63) is 113 Å². The van der Waals surface area contributed by atoms with Crippen molar-refractivity contribution in [1.82, 2.24) is 36.0 Å². The Kier molecular flexibility index (Phi) is 21.5. The number of nitrogens with one attached hydrogen (secondary N) is 6. The lowest BCUT2D eigenvalue weighted by molar-refractivity contribution is -0.132. The van der Waals surface area contributed by atoms with Crippen molar-refractivity contribution < 1.29 is 81.8 Å². The predicted octanol–water partition coefficient (Wildman–Crippen LogP) is 4.80. The first-order valence-corrected chi connectivity index (χ1v) is 31.9. The third kappa shape index (κ3) is 16.0. The molecule has 1 saturated heterocycles. The monoisotopic (exact) mass is 1310 g/mol. The number of aliphatic hydroxyl groups is 2. The first-order valence-electron chi connectivity index (χ1n) is 31.9. The molecule has 0 radical (unpaired) electrons. The van der Waals surface area contributed by atoms with Gasteiger partial charge in [-0.05, 0) is 116 Å². The Bertz CT molecular complexity index is 3630. The predicted molar refractivity (Wildman–Crippen MR) is 346 cm³/mol. The SMILES string of the molecule is COc1ccc(C2=CN3C(=O)c4cc(OC)c(OCCCOc5cc6c(cc5OC)C(=O)N5CC7(CC7)C[C@H]5C(O)N6C(=O)OCc5ccc(NC(=O)C(C)NC(=O)[C@H](NC(=O)CNC(=O)CNC(=O)CCCCCN6C(=O)C=CC6O)C(C)C)cc5)cc4NC[C@H]3C2)cc1. The van der Waals surface area contributed by atoms with Gasteiger partial charge in [0.05, 0.1) is 82.2 Å². The molecule has 2 fully saturated rings. The summed E-state index contributed by atoms with van der Waals surface area (Å²) in [6.45, 7) is 5.27. The Labute approximate surface area is 549 Å². The number of nitrogens with zero attached hydrogens (tertiary/aromatic N) is 4. The second-order valence-corrected chi connectivity index (χ2v) is 24.9. The van der Waals surface area contributed by atoms with Crippen molar-refractivity contribution in [2.75, 3.05) is 82.8 Å². The number of unbranched alkanes of at least 4 members (excludes halogenated alkanes) is 2. The molecule has 10 rings (SSSR count). The van der Waals surface area contributed by atoms with Gasteiger partial charge in [0, 0.05) is 62.6 Å². The van der Waals surface area contributed by atoms with E-state index >= 15 is 0 Å². The van der Waals surface area contributed by atoms with Gasteiger partial charge < -0.3 is 85.2 Å². The van der Waals surface area contributed by atoms with Crippen LogP contribution in [0.5, 0.6) is 28.7 Å². The summed E-state index contributed by atoms with van der Waals surface area (Å²) in [5.41, 5.74) is 4.00. The molecule has 8 N–H and O–H groups in total. The topological polar surface area (TPSA) is 335 Å². The summed E-state index contributed by atoms with van der Waals surface area (Å²) >= 11 is 0. The van der Waals surface area contributed by atoms with Gasteiger partial charge in [0.25, 0.3) is 11.8 Å². The van der Waals surface area contributed by atoms with Crippen LogP contribution in [0.15, 0.2) is 91.1 Å². The van der Waals surface area contributed by atoms with Gasteiger partial charge in [-0.25, -0.2) is 9.69 Å². The highest BCUT2D eigenvalue weighted by atomic mass is 16.6. The second kappa shape index (κ2) is 30.0. The van der Waals surface area contributed by atoms with Crippen LogP contribution in [0.2, 0.25) is 0 Å². The Morgan fingerprint density at radius 2 is 1.41 bits per heavy atom. The molecule has 1 saturated carbocycles. The maximum atomic E-state index is 14.5. The minimum Gasteiger partial charge on any atom is -0.497 e. The number of carbonyl (C=O) groups is 9. The third-order valence-electron chi connectivity index (χ3n) is 17.9. The van der Waals surface area contributed by atoms with Gasteiger partial charge in [0.2, 0.25) is 35.4 Å². The van der Waals surface area contributed by atoms with Crippen molar-refractivity contribution in [3.8, 4) is 28.7 Å². The molecule has 4 aromatic carbocycles. The number of ether oxygens (including phenoxy) is 6. The molecule has 6 aliphatic rings. The summed E-state index contributed by atoms with van der Waals surface area (Å²) in [6, 6.07) is 17.6. The summed E-state index contributed by atoms with van der Waals surface area (Å²) in [6.07, 6.45) is 6.37. The summed E-state index contributed by atoms with van der Waals surface area (Å²) in [5, 5.41) is 38.2. The van der Waals surface area contributed by atoms with Crippen molar-refractivity contribution in [2.24, 2.45) is 11.3 Å². The molecule has 5 aliphatic heterocycles. The van der Waals surface area contributed by atoms with E-state index in [1.165, 1.54) is 50.3 Å². The van der Waals surface area contributed by atoms with E-state index in [0.29, 0.717) is 92.2 Å². The largest absolute Gasteiger partial charge is 0.497 e. The van der Waals surface area contributed by atoms with Gasteiger partial charge in [-0.15, -0.1) is 0 Å². The highest BCUT2D eigenvalue weighted by Crippen LogP contribution is 2.57. The van der Waals surface area contributed by atoms with Gasteiger partial charge in [0.1, 0.15) is 30.7 Å². The standard InChI is InChI=1S/C68H82N10O17/c1-39(2)61(74-58(81)35-71-57(80)34-70-56(79)11-8-7-9-24-75-59(82)20-21-60(75)83)63(85)72-40(3)62(84)73-44-16-12-41(13-17-44)37-95-67(89)78-50-31-55(53(92-6)29-48(50)65(87)77-38-68(22-23-68)32-51(77)66(78)88)94-26-10-25-93-54-30-49-47(28-52(54)91-5)64(86)76-36-43(27-45(76)33-69-49)42-14-18-46(90-4)19-15-42/h12-21,28-31,36,39-40,45,51,59,61,66,69,82,88H,7-11,22-27,32-35,37-38H2,1-6H3,(H,70,79)(H,71,80)(H,72,85)(H,73,84)(H,74,81)/t40?,45-,51+,59?,61-,66?/m1/s1. The van der Waals surface area contributed by atoms with Crippen LogP contribution >= 0.6 is 0 Å². The van der Waals surface area contributed by atoms with Crippen LogP contribution in [0.1, 0.15) is 110 Å². The summed E-state index contributed by atoms with van der Waals surface area (Å²) in [7, 11) is 4.56. The maximum absolute atomic E-state index is 14.5. The minimum atomic E-state index is -1.49. The average Bonchev–Trinajstić information content (AvgIpc) is 1.57. The fraction of sp³-hybridized carbons (Fsp3) is 0.456. The molecule has 27 nitrogen and oxygen atoms in total. The van der Waals surface area contributed by atoms with E-state index in [9.17, 15) is 53.4 Å². The fourth-order valence-electron chi connectivity index (χ4n) is 12.3. The molecule has 506 valence electrons. The second-order valence-electron chi connectivity index (χ2n) is 24.9. The molecule has 0 aromatic heterocycles. The van der Waals surface area contributed by atoms with Gasteiger partial charge >= 0.3 is 6.09 Å². The number of hydrogen-bond acceptors (Lipinski definition) is 18. The molecule has 5 heterocycles. The number of rotatable bonds is 28. The van der Waals surface area contributed by atoms with E-state index in [1.54, 1.807) is 67.2 Å². The van der Waals surface area contributed by atoms with Crippen LogP contribution in [0, 0.1) is 11.3 Å². The van der Waals surface area contributed by atoms with Crippen LogP contribution in [0.25, 0.3) is 5.57 Å². The van der Waals surface area contributed by atoms with Crippen molar-refractivity contribution in [2.45, 2.75) is 122 Å². The zero-order valence-electron chi connectivity index (χ0n) is 54.0. The number of methoxy groups -OCH3 is 3. The summed E-state index contributed by atoms with van der Waals surface area (Å²) in [5.74, 6) is -2.20. The zero-order chi connectivity index (χ0) is 67.7. The lowest BCUT2D eigenvalue weighted by Crippen LogP contribution is -2.55.